The summed E-state index contributed by atoms with van der Waals surface area (Å²) in [5.74, 6) is -0.713. The summed E-state index contributed by atoms with van der Waals surface area (Å²) >= 11 is 5.84. The third kappa shape index (κ3) is 5.86. The van der Waals surface area contributed by atoms with Crippen LogP contribution in [0.5, 0.6) is 0 Å². The minimum atomic E-state index is -0.871. The van der Waals surface area contributed by atoms with E-state index in [9.17, 15) is 14.3 Å². The van der Waals surface area contributed by atoms with Crippen molar-refractivity contribution in [2.24, 2.45) is 0 Å². The molecule has 0 aliphatic heterocycles. The number of likely N-dealkylation sites (N-methyl/N-ethyl adjacent to an activating group) is 1. The van der Waals surface area contributed by atoms with E-state index in [2.05, 4.69) is 5.32 Å². The third-order valence-corrected chi connectivity index (χ3v) is 2.94. The molecule has 0 aromatic heterocycles. The standard InChI is InChI=1S/C14H20ClFN2O2/c1-4-18(9-14(2,3)20)8-13(19)17-12-6-5-10(16)7-11(12)15/h5-7,20H,4,8-9H2,1-3H3,(H,17,19). The summed E-state index contributed by atoms with van der Waals surface area (Å²) in [6.45, 7) is 6.43. The van der Waals surface area contributed by atoms with Crippen LogP contribution in [0.3, 0.4) is 0 Å². The summed E-state index contributed by atoms with van der Waals surface area (Å²) < 4.78 is 12.9. The molecule has 1 amide bonds. The second-order valence-corrected chi connectivity index (χ2v) is 5.70. The van der Waals surface area contributed by atoms with Crippen molar-refractivity contribution in [3.8, 4) is 0 Å². The number of benzene rings is 1. The first-order chi connectivity index (χ1) is 9.21. The van der Waals surface area contributed by atoms with Crippen LogP contribution in [0.4, 0.5) is 10.1 Å². The van der Waals surface area contributed by atoms with Crippen LogP contribution in [-0.2, 0) is 4.79 Å². The van der Waals surface area contributed by atoms with Crippen molar-refractivity contribution < 1.29 is 14.3 Å². The monoisotopic (exact) mass is 302 g/mol. The molecule has 0 saturated heterocycles. The Morgan fingerprint density at radius 3 is 2.65 bits per heavy atom. The fourth-order valence-corrected chi connectivity index (χ4v) is 2.02. The molecule has 4 nitrogen and oxygen atoms in total. The molecule has 0 unspecified atom stereocenters. The van der Waals surface area contributed by atoms with Crippen molar-refractivity contribution in [2.75, 3.05) is 25.0 Å². The third-order valence-electron chi connectivity index (χ3n) is 2.63. The van der Waals surface area contributed by atoms with E-state index in [0.717, 1.165) is 6.07 Å². The van der Waals surface area contributed by atoms with E-state index in [1.54, 1.807) is 13.8 Å². The lowest BCUT2D eigenvalue weighted by Gasteiger charge is -2.27. The molecule has 0 atom stereocenters. The van der Waals surface area contributed by atoms with E-state index in [1.807, 2.05) is 11.8 Å². The van der Waals surface area contributed by atoms with Gasteiger partial charge in [-0.15, -0.1) is 0 Å². The van der Waals surface area contributed by atoms with Gasteiger partial charge in [-0.2, -0.15) is 0 Å². The smallest absolute Gasteiger partial charge is 0.238 e. The van der Waals surface area contributed by atoms with Gasteiger partial charge in [-0.1, -0.05) is 18.5 Å². The van der Waals surface area contributed by atoms with E-state index in [1.165, 1.54) is 12.1 Å². The molecular weight excluding hydrogens is 283 g/mol. The van der Waals surface area contributed by atoms with Gasteiger partial charge in [-0.3, -0.25) is 9.69 Å². The van der Waals surface area contributed by atoms with Crippen LogP contribution in [0.15, 0.2) is 18.2 Å². The van der Waals surface area contributed by atoms with Crippen LogP contribution in [0.1, 0.15) is 20.8 Å². The number of nitrogens with one attached hydrogen (secondary N) is 1. The van der Waals surface area contributed by atoms with E-state index < -0.39 is 11.4 Å². The zero-order valence-corrected chi connectivity index (χ0v) is 12.7. The number of hydrogen-bond acceptors (Lipinski definition) is 3. The quantitative estimate of drug-likeness (QED) is 0.849. The molecule has 0 spiro atoms. The Morgan fingerprint density at radius 1 is 1.50 bits per heavy atom. The average molecular weight is 303 g/mol. The summed E-state index contributed by atoms with van der Waals surface area (Å²) in [5, 5.41) is 12.5. The summed E-state index contributed by atoms with van der Waals surface area (Å²) in [4.78, 5) is 13.7. The SMILES string of the molecule is CCN(CC(=O)Nc1ccc(F)cc1Cl)CC(C)(C)O. The summed E-state index contributed by atoms with van der Waals surface area (Å²) in [5.41, 5.74) is -0.499. The molecule has 1 aromatic rings. The number of rotatable bonds is 6. The van der Waals surface area contributed by atoms with E-state index >= 15 is 0 Å². The number of hydrogen-bond donors (Lipinski definition) is 2. The van der Waals surface area contributed by atoms with Crippen LogP contribution < -0.4 is 5.32 Å². The number of carbonyl (C=O) groups excluding carboxylic acids is 1. The second kappa shape index (κ2) is 7.02. The maximum Gasteiger partial charge on any atom is 0.238 e. The van der Waals surface area contributed by atoms with Crippen molar-refractivity contribution in [1.29, 1.82) is 0 Å². The lowest BCUT2D eigenvalue weighted by Crippen LogP contribution is -2.42. The topological polar surface area (TPSA) is 52.6 Å². The first-order valence-electron chi connectivity index (χ1n) is 6.41. The summed E-state index contributed by atoms with van der Waals surface area (Å²) in [7, 11) is 0. The molecule has 0 heterocycles. The summed E-state index contributed by atoms with van der Waals surface area (Å²) in [6.07, 6.45) is 0. The van der Waals surface area contributed by atoms with E-state index in [-0.39, 0.29) is 17.5 Å². The Bertz CT molecular complexity index is 475. The van der Waals surface area contributed by atoms with Crippen molar-refractivity contribution in [3.05, 3.63) is 29.0 Å². The van der Waals surface area contributed by atoms with Gasteiger partial charge < -0.3 is 10.4 Å². The molecular formula is C14H20ClFN2O2. The highest BCUT2D eigenvalue weighted by atomic mass is 35.5. The highest BCUT2D eigenvalue weighted by molar-refractivity contribution is 6.33. The van der Waals surface area contributed by atoms with Gasteiger partial charge in [0.1, 0.15) is 5.82 Å². The summed E-state index contributed by atoms with van der Waals surface area (Å²) in [6, 6.07) is 3.79. The molecule has 0 fully saturated rings. The number of aliphatic hydroxyl groups is 1. The average Bonchev–Trinajstić information content (AvgIpc) is 2.30. The Hall–Kier alpha value is -1.17. The molecule has 2 N–H and O–H groups in total. The van der Waals surface area contributed by atoms with Crippen LogP contribution in [0.2, 0.25) is 5.02 Å². The van der Waals surface area contributed by atoms with Crippen LogP contribution >= 0.6 is 11.6 Å². The first kappa shape index (κ1) is 16.9. The molecule has 1 aromatic carbocycles. The highest BCUT2D eigenvalue weighted by Gasteiger charge is 2.19. The molecule has 20 heavy (non-hydrogen) atoms. The first-order valence-corrected chi connectivity index (χ1v) is 6.78. The molecule has 0 aliphatic carbocycles. The van der Waals surface area contributed by atoms with E-state index in [0.29, 0.717) is 18.8 Å². The Kier molecular flexibility index (Phi) is 5.92. The number of halogens is 2. The van der Waals surface area contributed by atoms with Crippen LogP contribution in [0, 0.1) is 5.82 Å². The number of amides is 1. The maximum absolute atomic E-state index is 12.9. The van der Waals surface area contributed by atoms with Crippen molar-refractivity contribution in [2.45, 2.75) is 26.4 Å². The van der Waals surface area contributed by atoms with Crippen LogP contribution in [0.25, 0.3) is 0 Å². The van der Waals surface area contributed by atoms with Crippen molar-refractivity contribution >= 4 is 23.2 Å². The molecule has 0 saturated carbocycles. The molecule has 0 aliphatic rings. The molecule has 0 bridgehead atoms. The maximum atomic E-state index is 12.9. The minimum absolute atomic E-state index is 0.133. The fourth-order valence-electron chi connectivity index (χ4n) is 1.81. The lowest BCUT2D eigenvalue weighted by atomic mass is 10.1. The zero-order valence-electron chi connectivity index (χ0n) is 11.9. The second-order valence-electron chi connectivity index (χ2n) is 5.29. The van der Waals surface area contributed by atoms with Crippen molar-refractivity contribution in [3.63, 3.8) is 0 Å². The van der Waals surface area contributed by atoms with Gasteiger partial charge in [0.2, 0.25) is 5.91 Å². The molecule has 0 radical (unpaired) electrons. The Balaban J connectivity index is 2.62. The van der Waals surface area contributed by atoms with E-state index in [4.69, 9.17) is 11.6 Å². The Labute approximate surface area is 123 Å². The number of carbonyl (C=O) groups is 1. The number of anilines is 1. The minimum Gasteiger partial charge on any atom is -0.389 e. The molecule has 1 rings (SSSR count). The Morgan fingerprint density at radius 2 is 2.15 bits per heavy atom. The van der Waals surface area contributed by atoms with Gasteiger partial charge in [0.15, 0.2) is 0 Å². The lowest BCUT2D eigenvalue weighted by molar-refractivity contribution is -0.117. The number of nitrogens with zero attached hydrogens (tertiary/aromatic N) is 1. The van der Waals surface area contributed by atoms with Gasteiger partial charge in [0.05, 0.1) is 22.9 Å². The highest BCUT2D eigenvalue weighted by Crippen LogP contribution is 2.22. The fraction of sp³-hybridized carbons (Fsp3) is 0.500. The normalized spacial score (nSPS) is 11.8. The van der Waals surface area contributed by atoms with Gasteiger partial charge in [-0.05, 0) is 38.6 Å². The molecule has 6 heteroatoms. The van der Waals surface area contributed by atoms with Crippen LogP contribution in [-0.4, -0.2) is 41.1 Å². The van der Waals surface area contributed by atoms with Gasteiger partial charge in [-0.25, -0.2) is 4.39 Å². The van der Waals surface area contributed by atoms with Gasteiger partial charge in [0, 0.05) is 6.54 Å². The predicted molar refractivity (Wildman–Crippen MR) is 78.5 cm³/mol. The van der Waals surface area contributed by atoms with Gasteiger partial charge in [0.25, 0.3) is 0 Å². The zero-order chi connectivity index (χ0) is 15.3. The van der Waals surface area contributed by atoms with Gasteiger partial charge >= 0.3 is 0 Å². The molecule has 112 valence electrons. The predicted octanol–water partition coefficient (Wildman–Crippen LogP) is 2.51. The largest absolute Gasteiger partial charge is 0.389 e. The van der Waals surface area contributed by atoms with Crippen molar-refractivity contribution in [1.82, 2.24) is 4.90 Å².